The van der Waals surface area contributed by atoms with Crippen LogP contribution >= 0.6 is 0 Å². The van der Waals surface area contributed by atoms with Crippen LogP contribution in [0.3, 0.4) is 0 Å². The number of nitrogens with one attached hydrogen (secondary N) is 1. The first-order valence-corrected chi connectivity index (χ1v) is 9.21. The van der Waals surface area contributed by atoms with Crippen LogP contribution in [-0.2, 0) is 14.3 Å². The molecule has 29 heavy (non-hydrogen) atoms. The van der Waals surface area contributed by atoms with Gasteiger partial charge in [0.15, 0.2) is 18.2 Å². The molecule has 0 unspecified atom stereocenters. The Morgan fingerprint density at radius 2 is 1.66 bits per heavy atom. The van der Waals surface area contributed by atoms with E-state index in [-0.39, 0.29) is 24.4 Å². The molecule has 7 heteroatoms. The van der Waals surface area contributed by atoms with Crippen LogP contribution in [-0.4, -0.2) is 36.7 Å². The molecule has 1 amide bonds. The van der Waals surface area contributed by atoms with Crippen LogP contribution in [0.2, 0.25) is 0 Å². The van der Waals surface area contributed by atoms with Crippen LogP contribution in [0.4, 0.5) is 5.69 Å². The van der Waals surface area contributed by atoms with Crippen molar-refractivity contribution in [2.45, 2.75) is 26.7 Å². The molecule has 0 bridgehead atoms. The third kappa shape index (κ3) is 7.21. The largest absolute Gasteiger partial charge is 0.494 e. The van der Waals surface area contributed by atoms with Crippen molar-refractivity contribution in [3.05, 3.63) is 59.7 Å². The summed E-state index contributed by atoms with van der Waals surface area (Å²) in [6.07, 6.45) is -0.145. The van der Waals surface area contributed by atoms with E-state index in [0.717, 1.165) is 0 Å². The lowest BCUT2D eigenvalue weighted by Gasteiger charge is -2.08. The summed E-state index contributed by atoms with van der Waals surface area (Å²) in [5.74, 6) is -0.822. The minimum Gasteiger partial charge on any atom is -0.494 e. The maximum Gasteiger partial charge on any atom is 0.306 e. The summed E-state index contributed by atoms with van der Waals surface area (Å²) >= 11 is 0. The highest BCUT2D eigenvalue weighted by atomic mass is 16.5. The quantitative estimate of drug-likeness (QED) is 0.487. The summed E-state index contributed by atoms with van der Waals surface area (Å²) < 4.78 is 10.2. The Kier molecular flexibility index (Phi) is 8.09. The van der Waals surface area contributed by atoms with E-state index in [2.05, 4.69) is 5.32 Å². The van der Waals surface area contributed by atoms with Crippen LogP contribution in [0.15, 0.2) is 48.5 Å². The molecule has 7 nitrogen and oxygen atoms in total. The van der Waals surface area contributed by atoms with Crippen LogP contribution < -0.4 is 10.1 Å². The number of hydrogen-bond acceptors (Lipinski definition) is 6. The number of rotatable bonds is 10. The first-order valence-electron chi connectivity index (χ1n) is 9.21. The molecule has 0 atom stereocenters. The second kappa shape index (κ2) is 10.8. The number of amides is 1. The van der Waals surface area contributed by atoms with Crippen molar-refractivity contribution in [1.29, 1.82) is 0 Å². The SMILES string of the molecule is CCOc1ccc(C(=O)CCC(=O)OCC(=O)Nc2cccc(C(C)=O)c2)cc1. The number of ether oxygens (including phenoxy) is 2. The average molecular weight is 397 g/mol. The van der Waals surface area contributed by atoms with Gasteiger partial charge in [-0.3, -0.25) is 19.2 Å². The number of hydrogen-bond donors (Lipinski definition) is 1. The summed E-state index contributed by atoms with van der Waals surface area (Å²) in [5.41, 5.74) is 1.38. The number of anilines is 1. The molecule has 2 aromatic rings. The molecule has 1 N–H and O–H groups in total. The Balaban J connectivity index is 1.74. The summed E-state index contributed by atoms with van der Waals surface area (Å²) in [5, 5.41) is 2.55. The van der Waals surface area contributed by atoms with Crippen LogP contribution in [0.25, 0.3) is 0 Å². The lowest BCUT2D eigenvalue weighted by atomic mass is 10.1. The van der Waals surface area contributed by atoms with Crippen molar-refractivity contribution in [2.75, 3.05) is 18.5 Å². The van der Waals surface area contributed by atoms with Crippen molar-refractivity contribution in [1.82, 2.24) is 0 Å². The van der Waals surface area contributed by atoms with Gasteiger partial charge in [-0.2, -0.15) is 0 Å². The van der Waals surface area contributed by atoms with E-state index >= 15 is 0 Å². The fourth-order valence-electron chi connectivity index (χ4n) is 2.49. The predicted octanol–water partition coefficient (Wildman–Crippen LogP) is 3.43. The van der Waals surface area contributed by atoms with E-state index in [4.69, 9.17) is 9.47 Å². The highest BCUT2D eigenvalue weighted by Gasteiger charge is 2.12. The third-order valence-electron chi connectivity index (χ3n) is 3.96. The van der Waals surface area contributed by atoms with Gasteiger partial charge < -0.3 is 14.8 Å². The maximum atomic E-state index is 12.1. The zero-order valence-electron chi connectivity index (χ0n) is 16.4. The number of carbonyl (C=O) groups is 4. The number of carbonyl (C=O) groups excluding carboxylic acids is 4. The topological polar surface area (TPSA) is 98.8 Å². The van der Waals surface area contributed by atoms with Crippen LogP contribution in [0.1, 0.15) is 47.4 Å². The van der Waals surface area contributed by atoms with E-state index < -0.39 is 18.5 Å². The summed E-state index contributed by atoms with van der Waals surface area (Å²) in [4.78, 5) is 47.2. The van der Waals surface area contributed by atoms with E-state index in [1.165, 1.54) is 13.0 Å². The molecule has 0 aliphatic heterocycles. The Morgan fingerprint density at radius 1 is 0.931 bits per heavy atom. The molecular weight excluding hydrogens is 374 g/mol. The molecule has 2 rings (SSSR count). The lowest BCUT2D eigenvalue weighted by molar-refractivity contribution is -0.147. The fourth-order valence-corrected chi connectivity index (χ4v) is 2.49. The molecule has 0 spiro atoms. The van der Waals surface area contributed by atoms with Crippen molar-refractivity contribution in [3.63, 3.8) is 0 Å². The van der Waals surface area contributed by atoms with Gasteiger partial charge in [-0.1, -0.05) is 12.1 Å². The molecule has 2 aromatic carbocycles. The van der Waals surface area contributed by atoms with E-state index in [9.17, 15) is 19.2 Å². The van der Waals surface area contributed by atoms with Crippen molar-refractivity contribution < 1.29 is 28.7 Å². The smallest absolute Gasteiger partial charge is 0.306 e. The van der Waals surface area contributed by atoms with Gasteiger partial charge in [0, 0.05) is 23.2 Å². The van der Waals surface area contributed by atoms with Gasteiger partial charge >= 0.3 is 5.97 Å². The summed E-state index contributed by atoms with van der Waals surface area (Å²) in [7, 11) is 0. The van der Waals surface area contributed by atoms with Gasteiger partial charge in [-0.15, -0.1) is 0 Å². The standard InChI is InChI=1S/C22H23NO6/c1-3-28-19-9-7-16(8-10-19)20(25)11-12-22(27)29-14-21(26)23-18-6-4-5-17(13-18)15(2)24/h4-10,13H,3,11-12,14H2,1-2H3,(H,23,26). The number of esters is 1. The lowest BCUT2D eigenvalue weighted by Crippen LogP contribution is -2.21. The first kappa shape index (κ1) is 21.8. The Labute approximate surface area is 169 Å². The minimum atomic E-state index is -0.642. The zero-order chi connectivity index (χ0) is 21.2. The van der Waals surface area contributed by atoms with E-state index in [1.54, 1.807) is 42.5 Å². The van der Waals surface area contributed by atoms with Gasteiger partial charge in [0.2, 0.25) is 0 Å². The van der Waals surface area contributed by atoms with E-state index in [1.807, 2.05) is 6.92 Å². The monoisotopic (exact) mass is 397 g/mol. The second-order valence-electron chi connectivity index (χ2n) is 6.23. The van der Waals surface area contributed by atoms with Crippen molar-refractivity contribution >= 4 is 29.1 Å². The molecule has 0 aliphatic rings. The molecule has 0 radical (unpaired) electrons. The van der Waals surface area contributed by atoms with Crippen molar-refractivity contribution in [2.24, 2.45) is 0 Å². The van der Waals surface area contributed by atoms with Crippen LogP contribution in [0, 0.1) is 0 Å². The molecule has 0 aromatic heterocycles. The minimum absolute atomic E-state index is 0.0188. The fraction of sp³-hybridized carbons (Fsp3) is 0.273. The number of benzene rings is 2. The molecular formula is C22H23NO6. The molecule has 0 saturated carbocycles. The Bertz CT molecular complexity index is 888. The van der Waals surface area contributed by atoms with Gasteiger partial charge in [-0.05, 0) is 50.2 Å². The summed E-state index contributed by atoms with van der Waals surface area (Å²) in [6, 6.07) is 13.1. The summed E-state index contributed by atoms with van der Waals surface area (Å²) in [6.45, 7) is 3.36. The third-order valence-corrected chi connectivity index (χ3v) is 3.96. The maximum absolute atomic E-state index is 12.1. The average Bonchev–Trinajstić information content (AvgIpc) is 2.71. The second-order valence-corrected chi connectivity index (χ2v) is 6.23. The van der Waals surface area contributed by atoms with Gasteiger partial charge in [0.25, 0.3) is 5.91 Å². The first-order chi connectivity index (χ1) is 13.9. The normalized spacial score (nSPS) is 10.1. The zero-order valence-corrected chi connectivity index (χ0v) is 16.4. The van der Waals surface area contributed by atoms with E-state index in [0.29, 0.717) is 29.2 Å². The molecule has 0 saturated heterocycles. The van der Waals surface area contributed by atoms with Gasteiger partial charge in [-0.25, -0.2) is 0 Å². The number of Topliss-reactive ketones (excluding diaryl/α,β-unsaturated/α-hetero) is 2. The molecule has 0 fully saturated rings. The molecule has 0 aliphatic carbocycles. The molecule has 152 valence electrons. The van der Waals surface area contributed by atoms with Gasteiger partial charge in [0.05, 0.1) is 13.0 Å². The Morgan fingerprint density at radius 3 is 2.31 bits per heavy atom. The highest BCUT2D eigenvalue weighted by molar-refractivity contribution is 5.99. The highest BCUT2D eigenvalue weighted by Crippen LogP contribution is 2.14. The van der Waals surface area contributed by atoms with Crippen LogP contribution in [0.5, 0.6) is 5.75 Å². The Hall–Kier alpha value is -3.48. The van der Waals surface area contributed by atoms with Gasteiger partial charge in [0.1, 0.15) is 5.75 Å². The van der Waals surface area contributed by atoms with Crippen molar-refractivity contribution in [3.8, 4) is 5.75 Å². The molecule has 0 heterocycles. The predicted molar refractivity (Wildman–Crippen MR) is 107 cm³/mol. The number of ketones is 2.